The summed E-state index contributed by atoms with van der Waals surface area (Å²) in [5.41, 5.74) is 8.11. The molecule has 2 aromatic rings. The minimum atomic E-state index is -0.667. The maximum Gasteiger partial charge on any atom is 0.136 e. The Bertz CT molecular complexity index is 861. The summed E-state index contributed by atoms with van der Waals surface area (Å²) in [6, 6.07) is 6.92. The van der Waals surface area contributed by atoms with Gasteiger partial charge in [0.25, 0.3) is 0 Å². The first-order valence-corrected chi connectivity index (χ1v) is 11.3. The third-order valence-electron chi connectivity index (χ3n) is 5.57. The van der Waals surface area contributed by atoms with Gasteiger partial charge in [-0.2, -0.15) is 0 Å². The van der Waals surface area contributed by atoms with Crippen molar-refractivity contribution in [2.45, 2.75) is 44.6 Å². The Kier molecular flexibility index (Phi) is 9.37. The average molecular weight is 447 g/mol. The summed E-state index contributed by atoms with van der Waals surface area (Å²) in [5.74, 6) is -0.150. The number of nitrogens with one attached hydrogen (secondary N) is 1. The average Bonchev–Trinajstić information content (AvgIpc) is 2.78. The molecule has 1 atom stereocenters. The molecule has 0 saturated heterocycles. The van der Waals surface area contributed by atoms with Crippen LogP contribution in [0.5, 0.6) is 5.75 Å². The summed E-state index contributed by atoms with van der Waals surface area (Å²) in [4.78, 5) is 17.8. The van der Waals surface area contributed by atoms with Gasteiger partial charge in [0.2, 0.25) is 0 Å². The van der Waals surface area contributed by atoms with Gasteiger partial charge in [-0.15, -0.1) is 0 Å². The Hall–Kier alpha value is -2.58. The lowest BCUT2D eigenvalue weighted by Crippen LogP contribution is -2.34. The lowest BCUT2D eigenvalue weighted by Gasteiger charge is -2.23. The molecule has 6 nitrogen and oxygen atoms in total. The molecule has 0 spiro atoms. The number of aromatic nitrogens is 1. The van der Waals surface area contributed by atoms with Gasteiger partial charge in [-0.3, -0.25) is 4.90 Å². The van der Waals surface area contributed by atoms with Gasteiger partial charge in [0.1, 0.15) is 36.1 Å². The Morgan fingerprint density at radius 1 is 1.16 bits per heavy atom. The maximum atomic E-state index is 13.3. The number of pyridine rings is 1. The van der Waals surface area contributed by atoms with Crippen molar-refractivity contribution in [2.75, 3.05) is 38.1 Å². The molecule has 8 heteroatoms. The number of hydrogen-bond acceptors (Lipinski definition) is 6. The van der Waals surface area contributed by atoms with Crippen molar-refractivity contribution in [2.24, 2.45) is 5.73 Å². The van der Waals surface area contributed by atoms with E-state index >= 15 is 0 Å². The highest BCUT2D eigenvalue weighted by molar-refractivity contribution is 5.56. The fourth-order valence-corrected chi connectivity index (χ4v) is 3.79. The third-order valence-corrected chi connectivity index (χ3v) is 5.57. The number of anilines is 1. The molecule has 0 saturated carbocycles. The molecule has 174 valence electrons. The number of fused-ring (bicyclic) bond motifs is 1. The quantitative estimate of drug-likeness (QED) is 0.363. The first-order valence-electron chi connectivity index (χ1n) is 11.3. The second-order valence-electron chi connectivity index (χ2n) is 8.18. The number of aryl methyl sites for hydroxylation is 2. The number of rotatable bonds is 13. The van der Waals surface area contributed by atoms with Crippen LogP contribution in [0.15, 0.2) is 30.3 Å². The van der Waals surface area contributed by atoms with Crippen LogP contribution in [0.3, 0.4) is 0 Å². The van der Waals surface area contributed by atoms with Crippen molar-refractivity contribution < 1.29 is 18.3 Å². The van der Waals surface area contributed by atoms with Gasteiger partial charge in [-0.05, 0) is 56.7 Å². The van der Waals surface area contributed by atoms with E-state index in [0.717, 1.165) is 81.2 Å². The molecule has 1 aromatic heterocycles. The summed E-state index contributed by atoms with van der Waals surface area (Å²) >= 11 is 0. The Morgan fingerprint density at radius 3 is 2.75 bits per heavy atom. The zero-order valence-corrected chi connectivity index (χ0v) is 18.4. The van der Waals surface area contributed by atoms with Crippen molar-refractivity contribution >= 4 is 12.1 Å². The van der Waals surface area contributed by atoms with E-state index in [9.17, 15) is 13.6 Å². The molecule has 1 aromatic carbocycles. The van der Waals surface area contributed by atoms with Gasteiger partial charge in [0, 0.05) is 43.5 Å². The summed E-state index contributed by atoms with van der Waals surface area (Å²) in [6.07, 6.45) is 6.37. The Balaban J connectivity index is 1.44. The number of nitrogens with zero attached hydrogens (tertiary/aromatic N) is 2. The lowest BCUT2D eigenvalue weighted by atomic mass is 10.1. The third kappa shape index (κ3) is 7.84. The molecule has 0 bridgehead atoms. The highest BCUT2D eigenvalue weighted by Gasteiger charge is 2.12. The molecule has 0 radical (unpaired) electrons. The van der Waals surface area contributed by atoms with Gasteiger partial charge in [0.15, 0.2) is 0 Å². The predicted molar refractivity (Wildman–Crippen MR) is 121 cm³/mol. The van der Waals surface area contributed by atoms with E-state index in [2.05, 4.69) is 22.3 Å². The van der Waals surface area contributed by atoms with Crippen molar-refractivity contribution in [3.05, 3.63) is 53.2 Å². The van der Waals surface area contributed by atoms with E-state index in [1.165, 1.54) is 5.56 Å². The maximum absolute atomic E-state index is 13.3. The predicted octanol–water partition coefficient (Wildman–Crippen LogP) is 3.34. The second kappa shape index (κ2) is 12.5. The molecule has 3 rings (SSSR count). The molecule has 2 heterocycles. The first-order chi connectivity index (χ1) is 15.5. The second-order valence-corrected chi connectivity index (χ2v) is 8.18. The van der Waals surface area contributed by atoms with Crippen LogP contribution in [0.1, 0.15) is 36.9 Å². The van der Waals surface area contributed by atoms with Crippen molar-refractivity contribution in [3.63, 3.8) is 0 Å². The van der Waals surface area contributed by atoms with Gasteiger partial charge in [0.05, 0.1) is 6.04 Å². The summed E-state index contributed by atoms with van der Waals surface area (Å²) in [7, 11) is 0. The SMILES string of the molecule is N[C@H](C=O)CCN(CCCCc1ccc2c(n1)NCCC2)CCOc1cc(F)cc(F)c1. The van der Waals surface area contributed by atoms with Crippen LogP contribution in [-0.4, -0.2) is 55.0 Å². The van der Waals surface area contributed by atoms with E-state index in [1.807, 2.05) is 0 Å². The highest BCUT2D eigenvalue weighted by atomic mass is 19.1. The number of ether oxygens (including phenoxy) is 1. The van der Waals surface area contributed by atoms with Crippen LogP contribution in [0, 0.1) is 11.6 Å². The largest absolute Gasteiger partial charge is 0.492 e. The molecule has 0 fully saturated rings. The van der Waals surface area contributed by atoms with Crippen LogP contribution in [0.2, 0.25) is 0 Å². The number of halogens is 2. The fourth-order valence-electron chi connectivity index (χ4n) is 3.79. The monoisotopic (exact) mass is 446 g/mol. The number of benzene rings is 1. The Labute approximate surface area is 188 Å². The minimum Gasteiger partial charge on any atom is -0.492 e. The van der Waals surface area contributed by atoms with E-state index in [1.54, 1.807) is 0 Å². The van der Waals surface area contributed by atoms with E-state index in [0.29, 0.717) is 19.5 Å². The van der Waals surface area contributed by atoms with Gasteiger partial charge in [-0.25, -0.2) is 13.8 Å². The van der Waals surface area contributed by atoms with E-state index in [4.69, 9.17) is 15.5 Å². The number of carbonyl (C=O) groups excluding carboxylic acids is 1. The molecule has 3 N–H and O–H groups in total. The van der Waals surface area contributed by atoms with E-state index in [-0.39, 0.29) is 12.4 Å². The van der Waals surface area contributed by atoms with Gasteiger partial charge >= 0.3 is 0 Å². The molecule has 0 aliphatic carbocycles. The van der Waals surface area contributed by atoms with Crippen molar-refractivity contribution in [1.29, 1.82) is 0 Å². The van der Waals surface area contributed by atoms with Crippen molar-refractivity contribution in [1.82, 2.24) is 9.88 Å². The Morgan fingerprint density at radius 2 is 1.97 bits per heavy atom. The first kappa shape index (κ1) is 24.1. The topological polar surface area (TPSA) is 80.5 Å². The molecule has 0 unspecified atom stereocenters. The zero-order chi connectivity index (χ0) is 22.8. The van der Waals surface area contributed by atoms with Crippen LogP contribution in [0.4, 0.5) is 14.6 Å². The van der Waals surface area contributed by atoms with E-state index < -0.39 is 17.7 Å². The number of nitrogens with two attached hydrogens (primary N) is 1. The number of aldehydes is 1. The molecular formula is C24H32F2N4O2. The lowest BCUT2D eigenvalue weighted by molar-refractivity contribution is -0.109. The van der Waals surface area contributed by atoms with Crippen LogP contribution in [0.25, 0.3) is 0 Å². The molecule has 0 amide bonds. The molecule has 1 aliphatic rings. The summed E-state index contributed by atoms with van der Waals surface area (Å²) < 4.78 is 32.1. The highest BCUT2D eigenvalue weighted by Crippen LogP contribution is 2.20. The van der Waals surface area contributed by atoms with Crippen LogP contribution >= 0.6 is 0 Å². The fraction of sp³-hybridized carbons (Fsp3) is 0.500. The van der Waals surface area contributed by atoms with Crippen molar-refractivity contribution in [3.8, 4) is 5.75 Å². The van der Waals surface area contributed by atoms with Crippen LogP contribution < -0.4 is 15.8 Å². The van der Waals surface area contributed by atoms with Gasteiger partial charge < -0.3 is 20.6 Å². The molecule has 32 heavy (non-hydrogen) atoms. The summed E-state index contributed by atoms with van der Waals surface area (Å²) in [5, 5.41) is 3.37. The normalized spacial score (nSPS) is 14.0. The van der Waals surface area contributed by atoms with Crippen LogP contribution in [-0.2, 0) is 17.6 Å². The number of hydrogen-bond donors (Lipinski definition) is 2. The standard InChI is InChI=1S/C24H32F2N4O2/c25-19-14-20(26)16-23(15-19)32-13-12-30(11-8-21(27)17-31)10-2-1-5-22-7-6-18-4-3-9-28-24(18)29-22/h6-7,14-17,21H,1-5,8-13,27H2,(H,28,29)/t21-/m0/s1. The number of carbonyl (C=O) groups is 1. The minimum absolute atomic E-state index is 0.166. The molecular weight excluding hydrogens is 414 g/mol. The summed E-state index contributed by atoms with van der Waals surface area (Å²) in [6.45, 7) is 3.31. The zero-order valence-electron chi connectivity index (χ0n) is 18.4. The smallest absolute Gasteiger partial charge is 0.136 e. The number of unbranched alkanes of at least 4 members (excludes halogenated alkanes) is 1. The molecule has 1 aliphatic heterocycles. The van der Waals surface area contributed by atoms with Gasteiger partial charge in [-0.1, -0.05) is 6.07 Å².